The number of hydrogen-bond acceptors (Lipinski definition) is 2. The van der Waals surface area contributed by atoms with Crippen LogP contribution in [0.3, 0.4) is 0 Å². The molecule has 0 aromatic heterocycles. The fourth-order valence-corrected chi connectivity index (χ4v) is 2.45. The summed E-state index contributed by atoms with van der Waals surface area (Å²) in [5, 5.41) is 4.39. The Kier molecular flexibility index (Phi) is 5.51. The highest BCUT2D eigenvalue weighted by Crippen LogP contribution is 2.30. The van der Waals surface area contributed by atoms with Gasteiger partial charge in [0.05, 0.1) is 13.2 Å². The maximum absolute atomic E-state index is 5.99. The molecule has 0 saturated carbocycles. The third-order valence-electron chi connectivity index (χ3n) is 3.85. The Labute approximate surface area is 132 Å². The Morgan fingerprint density at radius 1 is 1.05 bits per heavy atom. The van der Waals surface area contributed by atoms with E-state index in [9.17, 15) is 0 Å². The van der Waals surface area contributed by atoms with Gasteiger partial charge in [0.15, 0.2) is 0 Å². The van der Waals surface area contributed by atoms with E-state index in [1.165, 1.54) is 5.56 Å². The summed E-state index contributed by atoms with van der Waals surface area (Å²) in [7, 11) is 1.68. The van der Waals surface area contributed by atoms with Crippen LogP contribution in [0.2, 0.25) is 5.02 Å². The minimum absolute atomic E-state index is 0.265. The molecule has 2 nitrogen and oxygen atoms in total. The molecule has 0 aliphatic heterocycles. The van der Waals surface area contributed by atoms with Crippen LogP contribution in [0.15, 0.2) is 48.5 Å². The highest BCUT2D eigenvalue weighted by molar-refractivity contribution is 6.30. The van der Waals surface area contributed by atoms with Gasteiger partial charge < -0.3 is 10.1 Å². The summed E-state index contributed by atoms with van der Waals surface area (Å²) in [4.78, 5) is 0. The lowest BCUT2D eigenvalue weighted by atomic mass is 9.92. The predicted octanol–water partition coefficient (Wildman–Crippen LogP) is 5.55. The van der Waals surface area contributed by atoms with E-state index >= 15 is 0 Å². The van der Waals surface area contributed by atoms with E-state index in [4.69, 9.17) is 16.3 Å². The molecule has 0 radical (unpaired) electrons. The molecule has 0 aliphatic rings. The highest BCUT2D eigenvalue weighted by Gasteiger charge is 2.17. The van der Waals surface area contributed by atoms with Crippen LogP contribution in [-0.2, 0) is 0 Å². The molecule has 112 valence electrons. The first kappa shape index (κ1) is 15.7. The van der Waals surface area contributed by atoms with Crippen molar-refractivity contribution in [3.05, 3.63) is 59.1 Å². The van der Waals surface area contributed by atoms with Gasteiger partial charge in [-0.2, -0.15) is 0 Å². The lowest BCUT2D eigenvalue weighted by Gasteiger charge is -2.26. The number of halogens is 1. The van der Waals surface area contributed by atoms with Crippen molar-refractivity contribution in [2.45, 2.75) is 26.3 Å². The van der Waals surface area contributed by atoms with Crippen LogP contribution in [0.1, 0.15) is 31.9 Å². The normalized spacial score (nSPS) is 13.5. The van der Waals surface area contributed by atoms with Gasteiger partial charge in [-0.15, -0.1) is 0 Å². The van der Waals surface area contributed by atoms with Crippen molar-refractivity contribution in [2.75, 3.05) is 12.4 Å². The molecule has 0 amide bonds. The Morgan fingerprint density at radius 2 is 1.67 bits per heavy atom. The van der Waals surface area contributed by atoms with Crippen LogP contribution >= 0.6 is 11.6 Å². The predicted molar refractivity (Wildman–Crippen MR) is 90.3 cm³/mol. The highest BCUT2D eigenvalue weighted by atomic mass is 35.5. The molecular formula is C18H22ClNO. The van der Waals surface area contributed by atoms with Gasteiger partial charge in [0, 0.05) is 10.7 Å². The van der Waals surface area contributed by atoms with Crippen molar-refractivity contribution in [1.29, 1.82) is 0 Å². The zero-order valence-corrected chi connectivity index (χ0v) is 13.5. The average Bonchev–Trinajstić information content (AvgIpc) is 2.53. The van der Waals surface area contributed by atoms with Crippen LogP contribution in [-0.4, -0.2) is 7.11 Å². The molecule has 21 heavy (non-hydrogen) atoms. The lowest BCUT2D eigenvalue weighted by molar-refractivity contribution is 0.415. The molecule has 0 fully saturated rings. The Morgan fingerprint density at radius 3 is 2.19 bits per heavy atom. The van der Waals surface area contributed by atoms with Gasteiger partial charge in [0.25, 0.3) is 0 Å². The maximum atomic E-state index is 5.99. The van der Waals surface area contributed by atoms with Crippen LogP contribution < -0.4 is 10.1 Å². The molecule has 2 unspecified atom stereocenters. The van der Waals surface area contributed by atoms with Crippen molar-refractivity contribution < 1.29 is 4.74 Å². The zero-order valence-electron chi connectivity index (χ0n) is 12.8. The quantitative estimate of drug-likeness (QED) is 0.755. The van der Waals surface area contributed by atoms with Crippen molar-refractivity contribution in [2.24, 2.45) is 5.92 Å². The second-order valence-electron chi connectivity index (χ2n) is 5.29. The number of nitrogens with one attached hydrogen (secondary N) is 1. The smallest absolute Gasteiger partial charge is 0.119 e. The maximum Gasteiger partial charge on any atom is 0.119 e. The molecular weight excluding hydrogens is 282 g/mol. The molecule has 2 atom stereocenters. The van der Waals surface area contributed by atoms with E-state index in [0.29, 0.717) is 5.92 Å². The Balaban J connectivity index is 2.21. The van der Waals surface area contributed by atoms with Crippen LogP contribution in [0.5, 0.6) is 5.75 Å². The van der Waals surface area contributed by atoms with Crippen LogP contribution in [0.25, 0.3) is 0 Å². The second kappa shape index (κ2) is 7.37. The number of benzene rings is 2. The monoisotopic (exact) mass is 303 g/mol. The summed E-state index contributed by atoms with van der Waals surface area (Å²) in [6, 6.07) is 16.4. The van der Waals surface area contributed by atoms with Crippen molar-refractivity contribution >= 4 is 17.3 Å². The molecule has 1 N–H and O–H groups in total. The summed E-state index contributed by atoms with van der Waals surface area (Å²) in [5.41, 5.74) is 2.35. The molecule has 2 aromatic rings. The molecule has 0 bridgehead atoms. The second-order valence-corrected chi connectivity index (χ2v) is 5.72. The molecule has 2 rings (SSSR count). The number of methoxy groups -OCH3 is 1. The SMILES string of the molecule is CCC(C)C(Nc1ccc(OC)cc1)c1ccc(Cl)cc1. The first-order chi connectivity index (χ1) is 10.1. The molecule has 3 heteroatoms. The van der Waals surface area contributed by atoms with Crippen molar-refractivity contribution in [1.82, 2.24) is 0 Å². The number of ether oxygens (including phenoxy) is 1. The molecule has 0 heterocycles. The van der Waals surface area contributed by atoms with E-state index in [-0.39, 0.29) is 6.04 Å². The first-order valence-corrected chi connectivity index (χ1v) is 7.68. The van der Waals surface area contributed by atoms with Crippen molar-refractivity contribution in [3.8, 4) is 5.75 Å². The molecule has 2 aromatic carbocycles. The summed E-state index contributed by atoms with van der Waals surface area (Å²) in [6.45, 7) is 4.47. The van der Waals surface area contributed by atoms with Crippen molar-refractivity contribution in [3.63, 3.8) is 0 Å². The van der Waals surface area contributed by atoms with Gasteiger partial charge in [0.1, 0.15) is 5.75 Å². The van der Waals surface area contributed by atoms with Crippen LogP contribution in [0, 0.1) is 5.92 Å². The third-order valence-corrected chi connectivity index (χ3v) is 4.11. The lowest BCUT2D eigenvalue weighted by Crippen LogP contribution is -2.18. The Hall–Kier alpha value is -1.67. The van der Waals surface area contributed by atoms with E-state index in [2.05, 4.69) is 31.3 Å². The van der Waals surface area contributed by atoms with Gasteiger partial charge in [-0.3, -0.25) is 0 Å². The number of anilines is 1. The molecule has 0 saturated heterocycles. The van der Waals surface area contributed by atoms with Gasteiger partial charge in [-0.1, -0.05) is 44.0 Å². The standard InChI is InChI=1S/C18H22ClNO/c1-4-13(2)18(14-5-7-15(19)8-6-14)20-16-9-11-17(21-3)12-10-16/h5-13,18,20H,4H2,1-3H3. The van der Waals surface area contributed by atoms with E-state index in [0.717, 1.165) is 22.9 Å². The summed E-state index contributed by atoms with van der Waals surface area (Å²) < 4.78 is 5.20. The minimum Gasteiger partial charge on any atom is -0.497 e. The third kappa shape index (κ3) is 4.15. The number of hydrogen-bond donors (Lipinski definition) is 1. The zero-order chi connectivity index (χ0) is 15.2. The van der Waals surface area contributed by atoms with Gasteiger partial charge in [0.2, 0.25) is 0 Å². The summed E-state index contributed by atoms with van der Waals surface area (Å²) in [6.07, 6.45) is 1.11. The van der Waals surface area contributed by atoms with Gasteiger partial charge >= 0.3 is 0 Å². The Bertz CT molecular complexity index is 550. The fraction of sp³-hybridized carbons (Fsp3) is 0.333. The average molecular weight is 304 g/mol. The van der Waals surface area contributed by atoms with Crippen LogP contribution in [0.4, 0.5) is 5.69 Å². The molecule has 0 spiro atoms. The van der Waals surface area contributed by atoms with E-state index in [1.807, 2.05) is 36.4 Å². The summed E-state index contributed by atoms with van der Waals surface area (Å²) in [5.74, 6) is 1.39. The minimum atomic E-state index is 0.265. The van der Waals surface area contributed by atoms with Gasteiger partial charge in [-0.25, -0.2) is 0 Å². The van der Waals surface area contributed by atoms with E-state index in [1.54, 1.807) is 7.11 Å². The molecule has 0 aliphatic carbocycles. The van der Waals surface area contributed by atoms with Gasteiger partial charge in [-0.05, 0) is 47.9 Å². The topological polar surface area (TPSA) is 21.3 Å². The first-order valence-electron chi connectivity index (χ1n) is 7.30. The number of rotatable bonds is 6. The largest absolute Gasteiger partial charge is 0.497 e. The van der Waals surface area contributed by atoms with E-state index < -0.39 is 0 Å². The fourth-order valence-electron chi connectivity index (χ4n) is 2.33. The summed E-state index contributed by atoms with van der Waals surface area (Å²) >= 11 is 5.99.